The largest absolute Gasteiger partial charge is 0.489 e. The fraction of sp³-hybridized carbons (Fsp3) is 0.0714. The average Bonchev–Trinajstić information content (AvgIpc) is 3.12. The van der Waals surface area contributed by atoms with Crippen molar-refractivity contribution in [2.45, 2.75) is 13.2 Å². The van der Waals surface area contributed by atoms with Crippen LogP contribution >= 0.6 is 11.8 Å². The van der Waals surface area contributed by atoms with Gasteiger partial charge in [-0.05, 0) is 57.4 Å². The van der Waals surface area contributed by atoms with Crippen molar-refractivity contribution >= 4 is 39.8 Å². The molecule has 0 unspecified atom stereocenters. The van der Waals surface area contributed by atoms with Crippen LogP contribution in [0.1, 0.15) is 16.7 Å². The van der Waals surface area contributed by atoms with E-state index in [9.17, 15) is 9.59 Å². The molecular formula is C28H21NO3S. The molecule has 0 atom stereocenters. The van der Waals surface area contributed by atoms with Gasteiger partial charge in [-0.2, -0.15) is 0 Å². The smallest absolute Gasteiger partial charge is 0.293 e. The van der Waals surface area contributed by atoms with Crippen LogP contribution in [-0.4, -0.2) is 16.0 Å². The molecule has 1 heterocycles. The third-order valence-electron chi connectivity index (χ3n) is 5.51. The standard InChI is InChI=1S/C28H21NO3S/c30-27-26(17-20-13-15-24(16-14-20)32-19-21-7-2-1-3-8-21)33-28(31)29(27)18-23-11-6-10-22-9-4-5-12-25(22)23/h1-17H,18-19H2/b26-17+. The lowest BCUT2D eigenvalue weighted by Gasteiger charge is -2.14. The molecule has 0 aromatic heterocycles. The Bertz CT molecular complexity index is 1340. The van der Waals surface area contributed by atoms with Gasteiger partial charge in [0, 0.05) is 0 Å². The maximum absolute atomic E-state index is 13.0. The Labute approximate surface area is 196 Å². The van der Waals surface area contributed by atoms with Gasteiger partial charge in [0.05, 0.1) is 11.4 Å². The van der Waals surface area contributed by atoms with Crippen molar-refractivity contribution in [3.8, 4) is 5.75 Å². The molecule has 1 aliphatic heterocycles. The van der Waals surface area contributed by atoms with Crippen LogP contribution in [0.4, 0.5) is 4.79 Å². The zero-order valence-corrected chi connectivity index (χ0v) is 18.6. The van der Waals surface area contributed by atoms with E-state index in [0.717, 1.165) is 45.0 Å². The predicted molar refractivity (Wildman–Crippen MR) is 133 cm³/mol. The normalized spacial score (nSPS) is 14.9. The summed E-state index contributed by atoms with van der Waals surface area (Å²) < 4.78 is 5.82. The van der Waals surface area contributed by atoms with Crippen molar-refractivity contribution in [2.75, 3.05) is 0 Å². The Morgan fingerprint density at radius 1 is 0.788 bits per heavy atom. The quantitative estimate of drug-likeness (QED) is 0.308. The van der Waals surface area contributed by atoms with E-state index in [4.69, 9.17) is 4.74 Å². The molecule has 0 radical (unpaired) electrons. The number of hydrogen-bond acceptors (Lipinski definition) is 4. The first-order valence-electron chi connectivity index (χ1n) is 10.7. The zero-order chi connectivity index (χ0) is 22.6. The van der Waals surface area contributed by atoms with Crippen LogP contribution in [0.15, 0.2) is 102 Å². The summed E-state index contributed by atoms with van der Waals surface area (Å²) in [6.07, 6.45) is 1.76. The highest BCUT2D eigenvalue weighted by atomic mass is 32.2. The Kier molecular flexibility index (Phi) is 5.96. The lowest BCUT2D eigenvalue weighted by Crippen LogP contribution is -2.27. The lowest BCUT2D eigenvalue weighted by molar-refractivity contribution is -0.123. The van der Waals surface area contributed by atoms with Gasteiger partial charge in [-0.25, -0.2) is 0 Å². The number of carbonyl (C=O) groups excluding carboxylic acids is 2. The molecule has 4 aromatic carbocycles. The van der Waals surface area contributed by atoms with Crippen LogP contribution in [0.3, 0.4) is 0 Å². The molecule has 1 saturated heterocycles. The molecule has 1 fully saturated rings. The molecule has 0 aliphatic carbocycles. The Morgan fingerprint density at radius 2 is 1.52 bits per heavy atom. The van der Waals surface area contributed by atoms with Gasteiger partial charge in [0.1, 0.15) is 12.4 Å². The van der Waals surface area contributed by atoms with E-state index in [-0.39, 0.29) is 17.7 Å². The number of amides is 2. The number of carbonyl (C=O) groups is 2. The second-order valence-electron chi connectivity index (χ2n) is 7.75. The van der Waals surface area contributed by atoms with Gasteiger partial charge in [-0.15, -0.1) is 0 Å². The molecule has 1 aliphatic rings. The summed E-state index contributed by atoms with van der Waals surface area (Å²) in [5.74, 6) is 0.488. The summed E-state index contributed by atoms with van der Waals surface area (Å²) in [5.41, 5.74) is 2.90. The molecule has 4 aromatic rings. The molecule has 5 heteroatoms. The molecule has 33 heavy (non-hydrogen) atoms. The fourth-order valence-electron chi connectivity index (χ4n) is 3.79. The monoisotopic (exact) mass is 451 g/mol. The predicted octanol–water partition coefficient (Wildman–Crippen LogP) is 6.66. The molecule has 0 spiro atoms. The van der Waals surface area contributed by atoms with Crippen molar-refractivity contribution in [3.63, 3.8) is 0 Å². The summed E-state index contributed by atoms with van der Waals surface area (Å²) in [6.45, 7) is 0.753. The first-order valence-corrected chi connectivity index (χ1v) is 11.5. The second kappa shape index (κ2) is 9.35. The van der Waals surface area contributed by atoms with Gasteiger partial charge in [0.25, 0.3) is 11.1 Å². The number of rotatable bonds is 6. The van der Waals surface area contributed by atoms with E-state index < -0.39 is 0 Å². The van der Waals surface area contributed by atoms with Crippen molar-refractivity contribution in [3.05, 3.63) is 119 Å². The Balaban J connectivity index is 1.28. The van der Waals surface area contributed by atoms with Gasteiger partial charge in [-0.1, -0.05) is 84.9 Å². The second-order valence-corrected chi connectivity index (χ2v) is 8.74. The van der Waals surface area contributed by atoms with E-state index in [2.05, 4.69) is 0 Å². The minimum atomic E-state index is -0.262. The van der Waals surface area contributed by atoms with E-state index in [0.29, 0.717) is 11.5 Å². The number of benzene rings is 4. The molecule has 4 nitrogen and oxygen atoms in total. The number of nitrogens with zero attached hydrogens (tertiary/aromatic N) is 1. The molecule has 0 saturated carbocycles. The van der Waals surface area contributed by atoms with Crippen molar-refractivity contribution < 1.29 is 14.3 Å². The SMILES string of the molecule is O=C1S/C(=C/c2ccc(OCc3ccccc3)cc2)C(=O)N1Cc1cccc2ccccc12. The number of thioether (sulfide) groups is 1. The van der Waals surface area contributed by atoms with E-state index in [1.807, 2.05) is 97.1 Å². The highest BCUT2D eigenvalue weighted by Crippen LogP contribution is 2.34. The first kappa shape index (κ1) is 21.0. The molecule has 0 N–H and O–H groups in total. The molecule has 2 amide bonds. The van der Waals surface area contributed by atoms with Crippen molar-refractivity contribution in [2.24, 2.45) is 0 Å². The van der Waals surface area contributed by atoms with Crippen LogP contribution in [0.5, 0.6) is 5.75 Å². The summed E-state index contributed by atoms with van der Waals surface area (Å²) in [6, 6.07) is 31.4. The molecule has 0 bridgehead atoms. The summed E-state index contributed by atoms with van der Waals surface area (Å²) in [7, 11) is 0. The van der Waals surface area contributed by atoms with Gasteiger partial charge >= 0.3 is 0 Å². The van der Waals surface area contributed by atoms with E-state index >= 15 is 0 Å². The average molecular weight is 452 g/mol. The van der Waals surface area contributed by atoms with Crippen LogP contribution in [0.25, 0.3) is 16.8 Å². The minimum Gasteiger partial charge on any atom is -0.489 e. The highest BCUT2D eigenvalue weighted by Gasteiger charge is 2.35. The van der Waals surface area contributed by atoms with Crippen LogP contribution in [0, 0.1) is 0 Å². The topological polar surface area (TPSA) is 46.6 Å². The van der Waals surface area contributed by atoms with E-state index in [1.54, 1.807) is 6.08 Å². The summed E-state index contributed by atoms with van der Waals surface area (Å²) in [5, 5.41) is 1.89. The highest BCUT2D eigenvalue weighted by molar-refractivity contribution is 8.18. The Morgan fingerprint density at radius 3 is 2.33 bits per heavy atom. The van der Waals surface area contributed by atoms with Crippen LogP contribution in [0.2, 0.25) is 0 Å². The maximum atomic E-state index is 13.0. The number of fused-ring (bicyclic) bond motifs is 1. The van der Waals surface area contributed by atoms with Gasteiger partial charge in [0.2, 0.25) is 0 Å². The Hall–Kier alpha value is -3.83. The van der Waals surface area contributed by atoms with Gasteiger partial charge in [0.15, 0.2) is 0 Å². The maximum Gasteiger partial charge on any atom is 0.293 e. The van der Waals surface area contributed by atoms with Gasteiger partial charge < -0.3 is 4.74 Å². The molecule has 162 valence electrons. The van der Waals surface area contributed by atoms with Crippen molar-refractivity contribution in [1.82, 2.24) is 4.90 Å². The fourth-order valence-corrected chi connectivity index (χ4v) is 4.63. The third kappa shape index (κ3) is 4.69. The minimum absolute atomic E-state index is 0.248. The summed E-state index contributed by atoms with van der Waals surface area (Å²) in [4.78, 5) is 27.3. The van der Waals surface area contributed by atoms with Crippen molar-refractivity contribution in [1.29, 1.82) is 0 Å². The number of hydrogen-bond donors (Lipinski definition) is 0. The van der Waals surface area contributed by atoms with Crippen LogP contribution < -0.4 is 4.74 Å². The summed E-state index contributed by atoms with van der Waals surface area (Å²) >= 11 is 0.980. The zero-order valence-electron chi connectivity index (χ0n) is 17.8. The molecular weight excluding hydrogens is 430 g/mol. The van der Waals surface area contributed by atoms with Gasteiger partial charge in [-0.3, -0.25) is 14.5 Å². The first-order chi connectivity index (χ1) is 16.2. The number of imide groups is 1. The van der Waals surface area contributed by atoms with Crippen LogP contribution in [-0.2, 0) is 17.9 Å². The third-order valence-corrected chi connectivity index (χ3v) is 6.42. The van der Waals surface area contributed by atoms with E-state index in [1.165, 1.54) is 4.90 Å². The lowest BCUT2D eigenvalue weighted by atomic mass is 10.0. The molecule has 5 rings (SSSR count). The number of ether oxygens (including phenoxy) is 1.